The largest absolute Gasteiger partial charge is 0.481 e. The molecule has 0 saturated heterocycles. The quantitative estimate of drug-likeness (QED) is 0.882. The number of aromatic nitrogens is 2. The summed E-state index contributed by atoms with van der Waals surface area (Å²) in [5.74, 6) is -0.435. The first-order valence-electron chi connectivity index (χ1n) is 4.44. The molecule has 16 heavy (non-hydrogen) atoms. The topological polar surface area (TPSA) is 89.4 Å². The van der Waals surface area contributed by atoms with Gasteiger partial charge in [-0.25, -0.2) is 0 Å². The maximum absolute atomic E-state index is 10.3. The average molecular weight is 243 g/mol. The summed E-state index contributed by atoms with van der Waals surface area (Å²) in [4.78, 5) is 10.3. The van der Waals surface area contributed by atoms with Crippen LogP contribution in [0.25, 0.3) is 11.5 Å². The lowest BCUT2D eigenvalue weighted by Crippen LogP contribution is -1.97. The lowest BCUT2D eigenvalue weighted by atomic mass is 10.3. The molecule has 0 amide bonds. The maximum Gasteiger partial charge on any atom is 0.303 e. The van der Waals surface area contributed by atoms with Gasteiger partial charge in [-0.15, -0.1) is 10.2 Å². The molecule has 0 aromatic carbocycles. The molecule has 0 spiro atoms. The molecule has 0 bridgehead atoms. The van der Waals surface area contributed by atoms with Gasteiger partial charge in [-0.2, -0.15) is 0 Å². The summed E-state index contributed by atoms with van der Waals surface area (Å²) in [7, 11) is 0. The molecule has 0 saturated carbocycles. The molecule has 2 aromatic rings. The number of aryl methyl sites for hydroxylation is 1. The minimum absolute atomic E-state index is 0.0548. The van der Waals surface area contributed by atoms with Crippen molar-refractivity contribution in [3.05, 3.63) is 23.4 Å². The number of rotatable bonds is 4. The van der Waals surface area contributed by atoms with Crippen LogP contribution in [0.5, 0.6) is 0 Å². The fourth-order valence-corrected chi connectivity index (χ4v) is 1.32. The normalized spacial score (nSPS) is 10.6. The molecule has 7 heteroatoms. The van der Waals surface area contributed by atoms with Crippen molar-refractivity contribution in [2.75, 3.05) is 0 Å². The second-order valence-corrected chi connectivity index (χ2v) is 3.35. The van der Waals surface area contributed by atoms with Crippen LogP contribution in [0.4, 0.5) is 0 Å². The van der Waals surface area contributed by atoms with Gasteiger partial charge in [0.25, 0.3) is 5.89 Å². The Balaban J connectivity index is 2.14. The number of nitrogens with zero attached hydrogens (tertiary/aromatic N) is 2. The first-order valence-corrected chi connectivity index (χ1v) is 4.82. The van der Waals surface area contributed by atoms with E-state index in [2.05, 4.69) is 10.2 Å². The molecular formula is C9H7ClN2O4. The second kappa shape index (κ2) is 4.36. The highest BCUT2D eigenvalue weighted by molar-refractivity contribution is 6.31. The van der Waals surface area contributed by atoms with Crippen molar-refractivity contribution >= 4 is 17.6 Å². The summed E-state index contributed by atoms with van der Waals surface area (Å²) in [5, 5.41) is 16.1. The van der Waals surface area contributed by atoms with E-state index in [-0.39, 0.29) is 29.8 Å². The van der Waals surface area contributed by atoms with E-state index in [4.69, 9.17) is 25.5 Å². The third-order valence-corrected chi connectivity index (χ3v) is 2.16. The summed E-state index contributed by atoms with van der Waals surface area (Å²) in [6.45, 7) is 0. The Hall–Kier alpha value is -1.82. The van der Waals surface area contributed by atoms with E-state index in [9.17, 15) is 4.79 Å². The highest BCUT2D eigenvalue weighted by atomic mass is 35.5. The van der Waals surface area contributed by atoms with Crippen LogP contribution in [0, 0.1) is 0 Å². The molecule has 0 atom stereocenters. The molecule has 0 fully saturated rings. The fourth-order valence-electron chi connectivity index (χ4n) is 1.12. The second-order valence-electron chi connectivity index (χ2n) is 3.00. The minimum Gasteiger partial charge on any atom is -0.481 e. The zero-order valence-corrected chi connectivity index (χ0v) is 8.77. The smallest absolute Gasteiger partial charge is 0.303 e. The molecule has 6 nitrogen and oxygen atoms in total. The summed E-state index contributed by atoms with van der Waals surface area (Å²) in [6, 6.07) is 1.59. The Morgan fingerprint density at radius 1 is 1.50 bits per heavy atom. The van der Waals surface area contributed by atoms with E-state index in [1.807, 2.05) is 0 Å². The lowest BCUT2D eigenvalue weighted by Gasteiger charge is -1.89. The van der Waals surface area contributed by atoms with Gasteiger partial charge >= 0.3 is 5.97 Å². The van der Waals surface area contributed by atoms with E-state index in [0.717, 1.165) is 0 Å². The molecule has 0 radical (unpaired) electrons. The highest BCUT2D eigenvalue weighted by Crippen LogP contribution is 2.27. The van der Waals surface area contributed by atoms with Crippen molar-refractivity contribution in [2.45, 2.75) is 12.8 Å². The van der Waals surface area contributed by atoms with Crippen LogP contribution in [-0.4, -0.2) is 21.3 Å². The molecule has 84 valence electrons. The maximum atomic E-state index is 10.3. The summed E-state index contributed by atoms with van der Waals surface area (Å²) in [6.07, 6.45) is 1.54. The zero-order valence-electron chi connectivity index (χ0n) is 8.01. The van der Waals surface area contributed by atoms with Gasteiger partial charge in [0.1, 0.15) is 0 Å². The molecule has 0 aliphatic rings. The summed E-state index contributed by atoms with van der Waals surface area (Å²) >= 11 is 5.72. The number of carbonyl (C=O) groups is 1. The van der Waals surface area contributed by atoms with Gasteiger partial charge in [-0.1, -0.05) is 0 Å². The SMILES string of the molecule is O=C(O)CCc1nnc(-c2ccoc2Cl)o1. The van der Waals surface area contributed by atoms with Crippen molar-refractivity contribution in [1.29, 1.82) is 0 Å². The van der Waals surface area contributed by atoms with Crippen molar-refractivity contribution < 1.29 is 18.7 Å². The van der Waals surface area contributed by atoms with Crippen LogP contribution in [0.15, 0.2) is 21.2 Å². The number of hydrogen-bond acceptors (Lipinski definition) is 5. The average Bonchev–Trinajstić information content (AvgIpc) is 2.83. The van der Waals surface area contributed by atoms with Crippen molar-refractivity contribution in [2.24, 2.45) is 0 Å². The van der Waals surface area contributed by atoms with Crippen LogP contribution in [0.2, 0.25) is 5.22 Å². The van der Waals surface area contributed by atoms with Gasteiger partial charge in [-0.05, 0) is 17.7 Å². The Morgan fingerprint density at radius 2 is 2.31 bits per heavy atom. The molecule has 2 aromatic heterocycles. The van der Waals surface area contributed by atoms with E-state index in [1.54, 1.807) is 6.07 Å². The van der Waals surface area contributed by atoms with E-state index in [1.165, 1.54) is 6.26 Å². The first kappa shape index (κ1) is 10.7. The van der Waals surface area contributed by atoms with Crippen LogP contribution < -0.4 is 0 Å². The fraction of sp³-hybridized carbons (Fsp3) is 0.222. The first-order chi connectivity index (χ1) is 7.66. The number of carboxylic acids is 1. The lowest BCUT2D eigenvalue weighted by molar-refractivity contribution is -0.137. The minimum atomic E-state index is -0.916. The number of carboxylic acid groups (broad SMARTS) is 1. The van der Waals surface area contributed by atoms with E-state index in [0.29, 0.717) is 5.56 Å². The van der Waals surface area contributed by atoms with Gasteiger partial charge in [0.2, 0.25) is 11.1 Å². The van der Waals surface area contributed by atoms with Gasteiger partial charge in [0, 0.05) is 6.42 Å². The van der Waals surface area contributed by atoms with Crippen molar-refractivity contribution in [3.63, 3.8) is 0 Å². The zero-order chi connectivity index (χ0) is 11.5. The Kier molecular flexibility index (Phi) is 2.91. The summed E-state index contributed by atoms with van der Waals surface area (Å²) < 4.78 is 10.1. The van der Waals surface area contributed by atoms with Crippen LogP contribution in [0.3, 0.4) is 0 Å². The monoisotopic (exact) mass is 242 g/mol. The Morgan fingerprint density at radius 3 is 2.94 bits per heavy atom. The van der Waals surface area contributed by atoms with Gasteiger partial charge in [-0.3, -0.25) is 4.79 Å². The Bertz CT molecular complexity index is 505. The molecule has 0 unspecified atom stereocenters. The molecule has 1 N–H and O–H groups in total. The van der Waals surface area contributed by atoms with Gasteiger partial charge < -0.3 is 13.9 Å². The molecule has 2 heterocycles. The number of halogens is 1. The number of hydrogen-bond donors (Lipinski definition) is 1. The van der Waals surface area contributed by atoms with Crippen molar-refractivity contribution in [1.82, 2.24) is 10.2 Å². The van der Waals surface area contributed by atoms with Gasteiger partial charge in [0.05, 0.1) is 18.2 Å². The van der Waals surface area contributed by atoms with Crippen LogP contribution >= 0.6 is 11.6 Å². The third-order valence-electron chi connectivity index (χ3n) is 1.87. The number of furan rings is 1. The van der Waals surface area contributed by atoms with E-state index >= 15 is 0 Å². The molecule has 2 rings (SSSR count). The Labute approximate surface area is 94.8 Å². The molecule has 0 aliphatic carbocycles. The third kappa shape index (κ3) is 2.22. The highest BCUT2D eigenvalue weighted by Gasteiger charge is 2.14. The predicted molar refractivity (Wildman–Crippen MR) is 53.0 cm³/mol. The number of aliphatic carboxylic acids is 1. The van der Waals surface area contributed by atoms with Crippen LogP contribution in [-0.2, 0) is 11.2 Å². The molecule has 0 aliphatic heterocycles. The van der Waals surface area contributed by atoms with E-state index < -0.39 is 5.97 Å². The summed E-state index contributed by atoms with van der Waals surface area (Å²) in [5.41, 5.74) is 0.496. The van der Waals surface area contributed by atoms with Gasteiger partial charge in [0.15, 0.2) is 0 Å². The predicted octanol–water partition coefficient (Wildman–Crippen LogP) is 2.00. The standard InChI is InChI=1S/C9H7ClN2O4/c10-8-5(3-4-15-8)9-12-11-6(16-9)1-2-7(13)14/h3-4H,1-2H2,(H,13,14). The molecular weight excluding hydrogens is 236 g/mol. The van der Waals surface area contributed by atoms with Crippen molar-refractivity contribution in [3.8, 4) is 11.5 Å². The van der Waals surface area contributed by atoms with Crippen LogP contribution in [0.1, 0.15) is 12.3 Å².